The first kappa shape index (κ1) is 17.3. The minimum atomic E-state index is -0.301. The van der Waals surface area contributed by atoms with Gasteiger partial charge < -0.3 is 9.84 Å². The van der Waals surface area contributed by atoms with Crippen LogP contribution in [0.25, 0.3) is 0 Å². The number of hydrogen-bond acceptors (Lipinski definition) is 3. The Morgan fingerprint density at radius 3 is 2.41 bits per heavy atom. The molecule has 0 spiro atoms. The molecule has 3 unspecified atom stereocenters. The Bertz CT molecular complexity index is 407. The van der Waals surface area contributed by atoms with E-state index in [1.54, 1.807) is 6.92 Å². The van der Waals surface area contributed by atoms with Gasteiger partial charge in [0.05, 0.1) is 6.10 Å². The molecular weight excluding hydrogens is 276 g/mol. The highest BCUT2D eigenvalue weighted by molar-refractivity contribution is 5.87. The second kappa shape index (κ2) is 8.52. The van der Waals surface area contributed by atoms with Gasteiger partial charge in [-0.2, -0.15) is 0 Å². The zero-order valence-electron chi connectivity index (χ0n) is 13.8. The number of ether oxygens (including phenoxy) is 1. The highest BCUT2D eigenvalue weighted by Crippen LogP contribution is 2.31. The summed E-state index contributed by atoms with van der Waals surface area (Å²) in [5.41, 5.74) is 0.451. The summed E-state index contributed by atoms with van der Waals surface area (Å²) in [6.45, 7) is 5.37. The molecule has 0 amide bonds. The number of aliphatic hydroxyl groups excluding tert-OH is 1. The lowest BCUT2D eigenvalue weighted by Crippen LogP contribution is -2.28. The SMILES string of the molecule is C=C(C)C(=O)OC(C=CC1CCCCC1O)C1CCCCC1. The van der Waals surface area contributed by atoms with Crippen molar-refractivity contribution in [3.63, 3.8) is 0 Å². The van der Waals surface area contributed by atoms with Crippen molar-refractivity contribution < 1.29 is 14.6 Å². The topological polar surface area (TPSA) is 46.5 Å². The molecule has 3 nitrogen and oxygen atoms in total. The van der Waals surface area contributed by atoms with Crippen molar-refractivity contribution in [1.82, 2.24) is 0 Å². The van der Waals surface area contributed by atoms with E-state index < -0.39 is 0 Å². The molecule has 2 saturated carbocycles. The van der Waals surface area contributed by atoms with Crippen LogP contribution in [0.15, 0.2) is 24.3 Å². The monoisotopic (exact) mass is 306 g/mol. The van der Waals surface area contributed by atoms with Gasteiger partial charge >= 0.3 is 5.97 Å². The number of rotatable bonds is 5. The van der Waals surface area contributed by atoms with Gasteiger partial charge in [0.2, 0.25) is 0 Å². The average molecular weight is 306 g/mol. The number of hydrogen-bond donors (Lipinski definition) is 1. The standard InChI is InChI=1S/C19H30O3/c1-14(2)19(21)22-18(16-9-4-3-5-10-16)13-12-15-8-6-7-11-17(15)20/h12-13,15-18,20H,1,3-11H2,2H3. The molecule has 0 aliphatic heterocycles. The third kappa shape index (κ3) is 4.98. The molecule has 0 heterocycles. The van der Waals surface area contributed by atoms with Crippen LogP contribution < -0.4 is 0 Å². The highest BCUT2D eigenvalue weighted by Gasteiger charge is 2.26. The Labute approximate surface area is 134 Å². The van der Waals surface area contributed by atoms with Crippen molar-refractivity contribution in [2.75, 3.05) is 0 Å². The van der Waals surface area contributed by atoms with E-state index in [4.69, 9.17) is 4.74 Å². The summed E-state index contributed by atoms with van der Waals surface area (Å²) >= 11 is 0. The average Bonchev–Trinajstić information content (AvgIpc) is 2.53. The van der Waals surface area contributed by atoms with Gasteiger partial charge in [-0.3, -0.25) is 0 Å². The maximum atomic E-state index is 11.9. The van der Waals surface area contributed by atoms with Gasteiger partial charge in [-0.1, -0.05) is 44.8 Å². The molecule has 2 aliphatic carbocycles. The summed E-state index contributed by atoms with van der Waals surface area (Å²) in [6, 6.07) is 0. The predicted molar refractivity (Wildman–Crippen MR) is 88.4 cm³/mol. The van der Waals surface area contributed by atoms with Crippen LogP contribution in [-0.4, -0.2) is 23.3 Å². The summed E-state index contributed by atoms with van der Waals surface area (Å²) in [7, 11) is 0. The summed E-state index contributed by atoms with van der Waals surface area (Å²) in [6.07, 6.45) is 13.9. The number of esters is 1. The molecule has 0 saturated heterocycles. The summed E-state index contributed by atoms with van der Waals surface area (Å²) in [5.74, 6) is 0.321. The number of aliphatic hydroxyl groups is 1. The van der Waals surface area contributed by atoms with Crippen molar-refractivity contribution in [1.29, 1.82) is 0 Å². The van der Waals surface area contributed by atoms with Crippen LogP contribution in [0.4, 0.5) is 0 Å². The van der Waals surface area contributed by atoms with E-state index in [-0.39, 0.29) is 24.1 Å². The first-order valence-corrected chi connectivity index (χ1v) is 8.81. The van der Waals surface area contributed by atoms with Crippen LogP contribution in [-0.2, 0) is 9.53 Å². The van der Waals surface area contributed by atoms with Gasteiger partial charge in [0.1, 0.15) is 6.10 Å². The second-order valence-electron chi connectivity index (χ2n) is 6.95. The van der Waals surface area contributed by atoms with Crippen LogP contribution in [0.3, 0.4) is 0 Å². The molecule has 3 atom stereocenters. The van der Waals surface area contributed by atoms with E-state index in [9.17, 15) is 9.90 Å². The first-order valence-electron chi connectivity index (χ1n) is 8.81. The Morgan fingerprint density at radius 1 is 1.14 bits per heavy atom. The van der Waals surface area contributed by atoms with Gasteiger partial charge in [-0.05, 0) is 44.6 Å². The third-order valence-electron chi connectivity index (χ3n) is 5.04. The fourth-order valence-corrected chi connectivity index (χ4v) is 3.60. The molecule has 0 aromatic heterocycles. The Balaban J connectivity index is 2.02. The zero-order valence-corrected chi connectivity index (χ0v) is 13.8. The molecule has 0 radical (unpaired) electrons. The number of carbonyl (C=O) groups excluding carboxylic acids is 1. The fraction of sp³-hybridized carbons (Fsp3) is 0.737. The molecule has 22 heavy (non-hydrogen) atoms. The Morgan fingerprint density at radius 2 is 1.77 bits per heavy atom. The molecule has 2 aliphatic rings. The van der Waals surface area contributed by atoms with Crippen molar-refractivity contribution in [3.8, 4) is 0 Å². The van der Waals surface area contributed by atoms with Gasteiger partial charge in [0, 0.05) is 11.5 Å². The molecular formula is C19H30O3. The summed E-state index contributed by atoms with van der Waals surface area (Å²) < 4.78 is 5.67. The van der Waals surface area contributed by atoms with Crippen LogP contribution in [0.5, 0.6) is 0 Å². The lowest BCUT2D eigenvalue weighted by molar-refractivity contribution is -0.144. The molecule has 124 valence electrons. The minimum Gasteiger partial charge on any atom is -0.455 e. The summed E-state index contributed by atoms with van der Waals surface area (Å²) in [5, 5.41) is 10.1. The van der Waals surface area contributed by atoms with Gasteiger partial charge in [0.25, 0.3) is 0 Å². The molecule has 0 aromatic rings. The van der Waals surface area contributed by atoms with E-state index in [2.05, 4.69) is 12.7 Å². The first-order chi connectivity index (χ1) is 10.6. The van der Waals surface area contributed by atoms with Gasteiger partial charge in [0.15, 0.2) is 0 Å². The lowest BCUT2D eigenvalue weighted by Gasteiger charge is -2.29. The van der Waals surface area contributed by atoms with Gasteiger partial charge in [-0.25, -0.2) is 4.79 Å². The van der Waals surface area contributed by atoms with Crippen LogP contribution >= 0.6 is 0 Å². The van der Waals surface area contributed by atoms with Crippen LogP contribution in [0.1, 0.15) is 64.7 Å². The van der Waals surface area contributed by atoms with E-state index in [0.717, 1.165) is 32.1 Å². The lowest BCUT2D eigenvalue weighted by atomic mass is 9.83. The largest absolute Gasteiger partial charge is 0.455 e. The number of carbonyl (C=O) groups is 1. The van der Waals surface area contributed by atoms with Crippen LogP contribution in [0, 0.1) is 11.8 Å². The normalized spacial score (nSPS) is 28.5. The van der Waals surface area contributed by atoms with E-state index >= 15 is 0 Å². The van der Waals surface area contributed by atoms with Gasteiger partial charge in [-0.15, -0.1) is 0 Å². The quantitative estimate of drug-likeness (QED) is 0.471. The van der Waals surface area contributed by atoms with E-state index in [1.165, 1.54) is 25.7 Å². The smallest absolute Gasteiger partial charge is 0.333 e. The molecule has 2 rings (SSSR count). The summed E-state index contributed by atoms with van der Waals surface area (Å²) in [4.78, 5) is 11.9. The van der Waals surface area contributed by atoms with E-state index in [0.29, 0.717) is 11.5 Å². The van der Waals surface area contributed by atoms with Crippen molar-refractivity contribution in [3.05, 3.63) is 24.3 Å². The Hall–Kier alpha value is -1.09. The maximum absolute atomic E-state index is 11.9. The highest BCUT2D eigenvalue weighted by atomic mass is 16.5. The zero-order chi connectivity index (χ0) is 15.9. The van der Waals surface area contributed by atoms with E-state index in [1.807, 2.05) is 6.08 Å². The molecule has 2 fully saturated rings. The van der Waals surface area contributed by atoms with Crippen molar-refractivity contribution in [2.45, 2.75) is 76.9 Å². The molecule has 0 bridgehead atoms. The third-order valence-corrected chi connectivity index (χ3v) is 5.04. The second-order valence-corrected chi connectivity index (χ2v) is 6.95. The van der Waals surface area contributed by atoms with Crippen molar-refractivity contribution in [2.24, 2.45) is 11.8 Å². The maximum Gasteiger partial charge on any atom is 0.333 e. The fourth-order valence-electron chi connectivity index (χ4n) is 3.60. The molecule has 3 heteroatoms. The minimum absolute atomic E-state index is 0.168. The van der Waals surface area contributed by atoms with Crippen molar-refractivity contribution >= 4 is 5.97 Å². The molecule has 0 aromatic carbocycles. The molecule has 1 N–H and O–H groups in total. The predicted octanol–water partition coefficient (Wildman–Crippen LogP) is 4.16. The Kier molecular flexibility index (Phi) is 6.69. The van der Waals surface area contributed by atoms with Crippen LogP contribution in [0.2, 0.25) is 0 Å².